The van der Waals surface area contributed by atoms with Crippen LogP contribution in [0.15, 0.2) is 0 Å². The Kier molecular flexibility index (Phi) is 15.0. The topological polar surface area (TPSA) is 23.5 Å². The molecule has 0 aliphatic rings. The molecule has 0 heterocycles. The fourth-order valence-electron chi connectivity index (χ4n) is 1.37. The second kappa shape index (κ2) is 12.1. The molecule has 0 rings (SSSR count). The van der Waals surface area contributed by atoms with Crippen LogP contribution in [0.4, 0.5) is 0 Å². The summed E-state index contributed by atoms with van der Waals surface area (Å²) in [5.74, 6) is 0.825. The van der Waals surface area contributed by atoms with Crippen LogP contribution >= 0.6 is 0 Å². The Bertz CT molecular complexity index is 109. The summed E-state index contributed by atoms with van der Waals surface area (Å²) in [5.41, 5.74) is 0. The van der Waals surface area contributed by atoms with Crippen molar-refractivity contribution in [3.05, 3.63) is 0 Å². The molecular formula is C11H25NOY. The molecule has 1 radical (unpaired) electrons. The SMILES string of the molecule is CC(C)CCCN(C)CCCCO.[Y]. The van der Waals surface area contributed by atoms with Gasteiger partial charge in [0.1, 0.15) is 0 Å². The maximum atomic E-state index is 8.61. The van der Waals surface area contributed by atoms with Crippen molar-refractivity contribution in [2.24, 2.45) is 5.92 Å². The summed E-state index contributed by atoms with van der Waals surface area (Å²) < 4.78 is 0. The summed E-state index contributed by atoms with van der Waals surface area (Å²) in [6.45, 7) is 7.19. The van der Waals surface area contributed by atoms with Gasteiger partial charge in [-0.3, -0.25) is 0 Å². The third-order valence-electron chi connectivity index (χ3n) is 2.27. The Labute approximate surface area is 114 Å². The van der Waals surface area contributed by atoms with Crippen molar-refractivity contribution in [3.8, 4) is 0 Å². The summed E-state index contributed by atoms with van der Waals surface area (Å²) in [6.07, 6.45) is 4.68. The molecule has 0 spiro atoms. The van der Waals surface area contributed by atoms with Gasteiger partial charge in [0.25, 0.3) is 0 Å². The molecule has 83 valence electrons. The third-order valence-corrected chi connectivity index (χ3v) is 2.27. The van der Waals surface area contributed by atoms with E-state index in [1.807, 2.05) is 0 Å². The number of rotatable bonds is 8. The molecule has 0 amide bonds. The number of unbranched alkanes of at least 4 members (excludes halogenated alkanes) is 1. The van der Waals surface area contributed by atoms with E-state index in [4.69, 9.17) is 5.11 Å². The molecule has 0 saturated carbocycles. The Balaban J connectivity index is 0. The van der Waals surface area contributed by atoms with Gasteiger partial charge in [-0.15, -0.1) is 0 Å². The Morgan fingerprint density at radius 3 is 2.14 bits per heavy atom. The zero-order chi connectivity index (χ0) is 10.1. The second-order valence-corrected chi connectivity index (χ2v) is 4.27. The van der Waals surface area contributed by atoms with E-state index in [2.05, 4.69) is 25.8 Å². The Morgan fingerprint density at radius 2 is 1.64 bits per heavy atom. The molecule has 0 aliphatic heterocycles. The van der Waals surface area contributed by atoms with Crippen LogP contribution in [0, 0.1) is 5.92 Å². The van der Waals surface area contributed by atoms with E-state index in [0.717, 1.165) is 25.3 Å². The van der Waals surface area contributed by atoms with E-state index in [-0.39, 0.29) is 32.7 Å². The molecule has 0 aromatic carbocycles. The Hall–Kier alpha value is 1.02. The number of aliphatic hydroxyl groups is 1. The molecule has 14 heavy (non-hydrogen) atoms. The van der Waals surface area contributed by atoms with Crippen molar-refractivity contribution < 1.29 is 37.8 Å². The van der Waals surface area contributed by atoms with E-state index in [1.165, 1.54) is 19.4 Å². The van der Waals surface area contributed by atoms with Crippen LogP contribution < -0.4 is 0 Å². The molecule has 1 N–H and O–H groups in total. The largest absolute Gasteiger partial charge is 0.396 e. The quantitative estimate of drug-likeness (QED) is 0.686. The molecule has 0 bridgehead atoms. The average Bonchev–Trinajstić information content (AvgIpc) is 2.04. The van der Waals surface area contributed by atoms with E-state index < -0.39 is 0 Å². The average molecular weight is 276 g/mol. The van der Waals surface area contributed by atoms with E-state index >= 15 is 0 Å². The number of nitrogens with zero attached hydrogens (tertiary/aromatic N) is 1. The van der Waals surface area contributed by atoms with Gasteiger partial charge in [-0.1, -0.05) is 13.8 Å². The monoisotopic (exact) mass is 276 g/mol. The summed E-state index contributed by atoms with van der Waals surface area (Å²) in [4.78, 5) is 2.36. The first kappa shape index (κ1) is 17.4. The molecule has 0 atom stereocenters. The van der Waals surface area contributed by atoms with Gasteiger partial charge in [-0.05, 0) is 51.7 Å². The van der Waals surface area contributed by atoms with Gasteiger partial charge in [0.05, 0.1) is 0 Å². The van der Waals surface area contributed by atoms with Crippen molar-refractivity contribution in [1.29, 1.82) is 0 Å². The van der Waals surface area contributed by atoms with Crippen molar-refractivity contribution in [2.45, 2.75) is 39.5 Å². The first-order valence-corrected chi connectivity index (χ1v) is 5.46. The predicted octanol–water partition coefficient (Wildman–Crippen LogP) is 2.12. The van der Waals surface area contributed by atoms with Crippen LogP contribution in [0.25, 0.3) is 0 Å². The van der Waals surface area contributed by atoms with Gasteiger partial charge < -0.3 is 10.0 Å². The molecule has 0 unspecified atom stereocenters. The Morgan fingerprint density at radius 1 is 1.07 bits per heavy atom. The normalized spacial score (nSPS) is 10.7. The number of hydrogen-bond acceptors (Lipinski definition) is 2. The van der Waals surface area contributed by atoms with Crippen LogP contribution in [0.1, 0.15) is 39.5 Å². The second-order valence-electron chi connectivity index (χ2n) is 4.27. The first-order valence-electron chi connectivity index (χ1n) is 5.46. The van der Waals surface area contributed by atoms with Crippen molar-refractivity contribution in [2.75, 3.05) is 26.7 Å². The number of aliphatic hydroxyl groups excluding tert-OH is 1. The fourth-order valence-corrected chi connectivity index (χ4v) is 1.37. The van der Waals surface area contributed by atoms with Crippen molar-refractivity contribution in [1.82, 2.24) is 4.90 Å². The molecule has 0 fully saturated rings. The van der Waals surface area contributed by atoms with E-state index in [1.54, 1.807) is 0 Å². The maximum absolute atomic E-state index is 8.61. The van der Waals surface area contributed by atoms with Crippen LogP contribution in [0.5, 0.6) is 0 Å². The smallest absolute Gasteiger partial charge is 0.0431 e. The van der Waals surface area contributed by atoms with Crippen molar-refractivity contribution >= 4 is 0 Å². The fraction of sp³-hybridized carbons (Fsp3) is 1.00. The van der Waals surface area contributed by atoms with Crippen LogP contribution in [-0.4, -0.2) is 36.8 Å². The van der Waals surface area contributed by atoms with Gasteiger partial charge in [0.15, 0.2) is 0 Å². The minimum absolute atomic E-state index is 0. The predicted molar refractivity (Wildman–Crippen MR) is 57.9 cm³/mol. The van der Waals surface area contributed by atoms with Gasteiger partial charge >= 0.3 is 0 Å². The molecule has 0 aromatic rings. The minimum atomic E-state index is 0. The first-order chi connectivity index (χ1) is 6.16. The zero-order valence-electron chi connectivity index (χ0n) is 10.00. The molecule has 3 heteroatoms. The van der Waals surface area contributed by atoms with Gasteiger partial charge in [0, 0.05) is 39.3 Å². The van der Waals surface area contributed by atoms with Gasteiger partial charge in [0.2, 0.25) is 0 Å². The van der Waals surface area contributed by atoms with Crippen LogP contribution in [0.2, 0.25) is 0 Å². The number of hydrogen-bond donors (Lipinski definition) is 1. The molecule has 0 aromatic heterocycles. The third kappa shape index (κ3) is 13.0. The summed E-state index contributed by atoms with van der Waals surface area (Å²) in [6, 6.07) is 0. The van der Waals surface area contributed by atoms with E-state index in [9.17, 15) is 0 Å². The zero-order valence-corrected chi connectivity index (χ0v) is 12.8. The molecule has 0 saturated heterocycles. The summed E-state index contributed by atoms with van der Waals surface area (Å²) >= 11 is 0. The van der Waals surface area contributed by atoms with E-state index in [0.29, 0.717) is 6.61 Å². The maximum Gasteiger partial charge on any atom is 0.0431 e. The van der Waals surface area contributed by atoms with Gasteiger partial charge in [-0.2, -0.15) is 0 Å². The molecule has 2 nitrogen and oxygen atoms in total. The summed E-state index contributed by atoms with van der Waals surface area (Å²) in [5, 5.41) is 8.61. The molecule has 0 aliphatic carbocycles. The van der Waals surface area contributed by atoms with Crippen molar-refractivity contribution in [3.63, 3.8) is 0 Å². The van der Waals surface area contributed by atoms with Gasteiger partial charge in [-0.25, -0.2) is 0 Å². The van der Waals surface area contributed by atoms with Crippen LogP contribution in [-0.2, 0) is 32.7 Å². The van der Waals surface area contributed by atoms with Crippen LogP contribution in [0.3, 0.4) is 0 Å². The summed E-state index contributed by atoms with van der Waals surface area (Å²) in [7, 11) is 2.16. The molecular weight excluding hydrogens is 251 g/mol. The standard InChI is InChI=1S/C11H25NO.Y/c1-11(2)7-6-9-12(3)8-4-5-10-13;/h11,13H,4-10H2,1-3H3;. The minimum Gasteiger partial charge on any atom is -0.396 e.